The van der Waals surface area contributed by atoms with E-state index in [1.165, 1.54) is 6.33 Å². The van der Waals surface area contributed by atoms with Crippen LogP contribution in [0.1, 0.15) is 32.6 Å². The second kappa shape index (κ2) is 6.12. The molecule has 0 aliphatic carbocycles. The summed E-state index contributed by atoms with van der Waals surface area (Å²) in [4.78, 5) is 4.00. The lowest BCUT2D eigenvalue weighted by Gasteiger charge is -2.32. The van der Waals surface area contributed by atoms with Gasteiger partial charge in [0.25, 0.3) is 0 Å². The first-order valence-electron chi connectivity index (χ1n) is 6.36. The minimum absolute atomic E-state index is 0.393. The van der Waals surface area contributed by atoms with Gasteiger partial charge in [-0.05, 0) is 18.8 Å². The number of nitrogens with zero attached hydrogens (tertiary/aromatic N) is 2. The first-order chi connectivity index (χ1) is 8.25. The van der Waals surface area contributed by atoms with E-state index in [0.29, 0.717) is 24.0 Å². The highest BCUT2D eigenvalue weighted by Gasteiger charge is 2.24. The van der Waals surface area contributed by atoms with E-state index in [1.807, 2.05) is 0 Å². The molecule has 1 aliphatic heterocycles. The summed E-state index contributed by atoms with van der Waals surface area (Å²) >= 11 is 0. The van der Waals surface area contributed by atoms with E-state index in [1.54, 1.807) is 0 Å². The van der Waals surface area contributed by atoms with Crippen LogP contribution in [0.5, 0.6) is 0 Å². The summed E-state index contributed by atoms with van der Waals surface area (Å²) in [5, 5.41) is 7.13. The third-order valence-corrected chi connectivity index (χ3v) is 3.24. The summed E-state index contributed by atoms with van der Waals surface area (Å²) in [5.74, 6) is 1.29. The third kappa shape index (κ3) is 3.78. The summed E-state index contributed by atoms with van der Waals surface area (Å²) in [6.07, 6.45) is 4.82. The minimum Gasteiger partial charge on any atom is -0.378 e. The van der Waals surface area contributed by atoms with Crippen LogP contribution in [0.25, 0.3) is 0 Å². The van der Waals surface area contributed by atoms with Gasteiger partial charge in [-0.15, -0.1) is 0 Å². The van der Waals surface area contributed by atoms with Crippen molar-refractivity contribution in [1.29, 1.82) is 0 Å². The fourth-order valence-electron chi connectivity index (χ4n) is 2.17. The van der Waals surface area contributed by atoms with Crippen LogP contribution in [-0.4, -0.2) is 35.4 Å². The van der Waals surface area contributed by atoms with Gasteiger partial charge in [0.1, 0.15) is 0 Å². The van der Waals surface area contributed by atoms with Gasteiger partial charge in [-0.1, -0.05) is 19.0 Å². The topological polar surface area (TPSA) is 60.2 Å². The number of nitrogens with one attached hydrogen (secondary N) is 1. The summed E-state index contributed by atoms with van der Waals surface area (Å²) in [5.41, 5.74) is 0. The maximum Gasteiger partial charge on any atom is 0.227 e. The van der Waals surface area contributed by atoms with Gasteiger partial charge in [-0.3, -0.25) is 0 Å². The molecule has 0 aromatic carbocycles. The van der Waals surface area contributed by atoms with Crippen LogP contribution in [-0.2, 0) is 11.2 Å². The molecule has 1 N–H and O–H groups in total. The zero-order chi connectivity index (χ0) is 12.1. The van der Waals surface area contributed by atoms with Gasteiger partial charge < -0.3 is 14.6 Å². The lowest BCUT2D eigenvalue weighted by atomic mass is 9.95. The zero-order valence-electron chi connectivity index (χ0n) is 10.6. The fourth-order valence-corrected chi connectivity index (χ4v) is 2.17. The molecular formula is C12H21N3O2. The average Bonchev–Trinajstić information content (AvgIpc) is 2.82. The van der Waals surface area contributed by atoms with E-state index >= 15 is 0 Å². The maximum absolute atomic E-state index is 5.74. The highest BCUT2D eigenvalue weighted by atomic mass is 16.5. The van der Waals surface area contributed by atoms with E-state index in [4.69, 9.17) is 9.26 Å². The number of aromatic nitrogens is 2. The van der Waals surface area contributed by atoms with Crippen molar-refractivity contribution in [2.24, 2.45) is 5.92 Å². The molecule has 1 saturated heterocycles. The molecule has 1 aromatic heterocycles. The molecule has 0 spiro atoms. The fraction of sp³-hybridized carbons (Fsp3) is 0.833. The van der Waals surface area contributed by atoms with Gasteiger partial charge in [0.15, 0.2) is 6.33 Å². The quantitative estimate of drug-likeness (QED) is 0.841. The van der Waals surface area contributed by atoms with E-state index in [0.717, 1.165) is 32.4 Å². The van der Waals surface area contributed by atoms with Crippen molar-refractivity contribution in [3.8, 4) is 0 Å². The Kier molecular flexibility index (Phi) is 4.50. The molecule has 1 aliphatic rings. The molecule has 1 fully saturated rings. The Morgan fingerprint density at radius 3 is 3.12 bits per heavy atom. The van der Waals surface area contributed by atoms with Crippen LogP contribution < -0.4 is 5.32 Å². The van der Waals surface area contributed by atoms with Crippen molar-refractivity contribution < 1.29 is 9.26 Å². The molecule has 5 nitrogen and oxygen atoms in total. The second-order valence-corrected chi connectivity index (χ2v) is 4.91. The van der Waals surface area contributed by atoms with Gasteiger partial charge in [0.05, 0.1) is 6.10 Å². The number of rotatable bonds is 5. The van der Waals surface area contributed by atoms with Crippen molar-refractivity contribution in [2.45, 2.75) is 45.3 Å². The smallest absolute Gasteiger partial charge is 0.227 e. The molecule has 2 atom stereocenters. The first-order valence-corrected chi connectivity index (χ1v) is 6.36. The van der Waals surface area contributed by atoms with Crippen molar-refractivity contribution >= 4 is 0 Å². The highest BCUT2D eigenvalue weighted by Crippen LogP contribution is 2.20. The zero-order valence-corrected chi connectivity index (χ0v) is 10.6. The van der Waals surface area contributed by atoms with Gasteiger partial charge in [0.2, 0.25) is 5.89 Å². The van der Waals surface area contributed by atoms with E-state index in [2.05, 4.69) is 29.3 Å². The SMILES string of the molecule is CC(C)C1CC(NCCc2ncno2)CCO1. The largest absolute Gasteiger partial charge is 0.378 e. The predicted molar refractivity (Wildman–Crippen MR) is 63.6 cm³/mol. The molecule has 0 saturated carbocycles. The van der Waals surface area contributed by atoms with Crippen LogP contribution in [0.3, 0.4) is 0 Å². The maximum atomic E-state index is 5.74. The van der Waals surface area contributed by atoms with Crippen LogP contribution in [0.15, 0.2) is 10.9 Å². The average molecular weight is 239 g/mol. The number of hydrogen-bond donors (Lipinski definition) is 1. The molecule has 96 valence electrons. The molecule has 0 radical (unpaired) electrons. The van der Waals surface area contributed by atoms with Gasteiger partial charge in [-0.25, -0.2) is 0 Å². The molecule has 1 aromatic rings. The lowest BCUT2D eigenvalue weighted by Crippen LogP contribution is -2.41. The highest BCUT2D eigenvalue weighted by molar-refractivity contribution is 4.81. The Morgan fingerprint density at radius 1 is 1.53 bits per heavy atom. The summed E-state index contributed by atoms with van der Waals surface area (Å²) in [6.45, 7) is 6.18. The van der Waals surface area contributed by atoms with Crippen molar-refractivity contribution in [2.75, 3.05) is 13.2 Å². The normalized spacial score (nSPS) is 25.4. The van der Waals surface area contributed by atoms with Crippen molar-refractivity contribution in [1.82, 2.24) is 15.5 Å². The Balaban J connectivity index is 1.68. The Labute approximate surface area is 102 Å². The molecule has 5 heteroatoms. The Morgan fingerprint density at radius 2 is 2.41 bits per heavy atom. The van der Waals surface area contributed by atoms with Crippen LogP contribution in [0, 0.1) is 5.92 Å². The third-order valence-electron chi connectivity index (χ3n) is 3.24. The predicted octanol–water partition coefficient (Wildman–Crippen LogP) is 1.41. The number of ether oxygens (including phenoxy) is 1. The van der Waals surface area contributed by atoms with Gasteiger partial charge in [-0.2, -0.15) is 4.98 Å². The first kappa shape index (κ1) is 12.5. The van der Waals surface area contributed by atoms with Crippen molar-refractivity contribution in [3.05, 3.63) is 12.2 Å². The monoisotopic (exact) mass is 239 g/mol. The molecule has 2 unspecified atom stereocenters. The second-order valence-electron chi connectivity index (χ2n) is 4.91. The molecule has 0 amide bonds. The van der Waals surface area contributed by atoms with Crippen LogP contribution in [0.4, 0.5) is 0 Å². The standard InChI is InChI=1S/C12H21N3O2/c1-9(2)11-7-10(4-6-16-11)13-5-3-12-14-8-15-17-12/h8-11,13H,3-7H2,1-2H3. The summed E-state index contributed by atoms with van der Waals surface area (Å²) in [6, 6.07) is 0.555. The van der Waals surface area contributed by atoms with Crippen molar-refractivity contribution in [3.63, 3.8) is 0 Å². The number of hydrogen-bond acceptors (Lipinski definition) is 5. The van der Waals surface area contributed by atoms with Crippen LogP contribution in [0.2, 0.25) is 0 Å². The molecule has 2 rings (SSSR count). The summed E-state index contributed by atoms with van der Waals surface area (Å²) in [7, 11) is 0. The van der Waals surface area contributed by atoms with Gasteiger partial charge in [0, 0.05) is 25.6 Å². The Hall–Kier alpha value is -0.940. The summed E-state index contributed by atoms with van der Waals surface area (Å²) < 4.78 is 10.7. The minimum atomic E-state index is 0.393. The molecule has 17 heavy (non-hydrogen) atoms. The lowest BCUT2D eigenvalue weighted by molar-refractivity contribution is -0.0242. The van der Waals surface area contributed by atoms with E-state index in [-0.39, 0.29) is 0 Å². The van der Waals surface area contributed by atoms with Gasteiger partial charge >= 0.3 is 0 Å². The molecule has 0 bridgehead atoms. The van der Waals surface area contributed by atoms with E-state index in [9.17, 15) is 0 Å². The Bertz CT molecular complexity index is 314. The molecular weight excluding hydrogens is 218 g/mol. The van der Waals surface area contributed by atoms with Crippen LogP contribution >= 0.6 is 0 Å². The van der Waals surface area contributed by atoms with E-state index < -0.39 is 0 Å². The molecule has 2 heterocycles.